The minimum absolute atomic E-state index is 0.338. The summed E-state index contributed by atoms with van der Waals surface area (Å²) >= 11 is 5.84. The molecule has 3 aromatic rings. The summed E-state index contributed by atoms with van der Waals surface area (Å²) in [5.41, 5.74) is 1.57. The minimum Gasteiger partial charge on any atom is -0.428 e. The Kier molecular flexibility index (Phi) is 3.23. The Labute approximate surface area is 114 Å². The van der Waals surface area contributed by atoms with Crippen molar-refractivity contribution in [3.63, 3.8) is 0 Å². The van der Waals surface area contributed by atoms with E-state index in [9.17, 15) is 0 Å². The van der Waals surface area contributed by atoms with Gasteiger partial charge in [0.15, 0.2) is 10.9 Å². The highest BCUT2D eigenvalue weighted by Gasteiger charge is 2.15. The third-order valence-corrected chi connectivity index (χ3v) is 3.00. The van der Waals surface area contributed by atoms with Crippen molar-refractivity contribution in [1.29, 1.82) is 0 Å². The molecule has 0 fully saturated rings. The molecule has 3 rings (SSSR count). The highest BCUT2D eigenvalue weighted by atomic mass is 35.5. The van der Waals surface area contributed by atoms with Gasteiger partial charge >= 0.3 is 0 Å². The van der Waals surface area contributed by atoms with Gasteiger partial charge in [-0.2, -0.15) is 0 Å². The molecule has 0 saturated heterocycles. The van der Waals surface area contributed by atoms with Crippen molar-refractivity contribution in [3.05, 3.63) is 41.5 Å². The van der Waals surface area contributed by atoms with Crippen molar-refractivity contribution in [2.24, 2.45) is 0 Å². The topological polar surface area (TPSA) is 53.1 Å². The largest absolute Gasteiger partial charge is 0.428 e. The van der Waals surface area contributed by atoms with Crippen molar-refractivity contribution < 1.29 is 9.15 Å². The van der Waals surface area contributed by atoms with E-state index < -0.39 is 0 Å². The zero-order chi connectivity index (χ0) is 13.2. The number of hydrogen-bond donors (Lipinski definition) is 0. The molecule has 6 heteroatoms. The van der Waals surface area contributed by atoms with E-state index >= 15 is 0 Å². The quantitative estimate of drug-likeness (QED) is 0.736. The Morgan fingerprint density at radius 2 is 2.26 bits per heavy atom. The van der Waals surface area contributed by atoms with Gasteiger partial charge in [-0.15, -0.1) is 0 Å². The maximum absolute atomic E-state index is 5.84. The molecule has 0 N–H and O–H groups in total. The van der Waals surface area contributed by atoms with E-state index in [-0.39, 0.29) is 0 Å². The zero-order valence-electron chi connectivity index (χ0n) is 10.3. The van der Waals surface area contributed by atoms with Gasteiger partial charge in [-0.1, -0.05) is 0 Å². The predicted octanol–water partition coefficient (Wildman–Crippen LogP) is 2.86. The van der Waals surface area contributed by atoms with Crippen LogP contribution in [0.2, 0.25) is 5.22 Å². The second-order valence-electron chi connectivity index (χ2n) is 4.03. The van der Waals surface area contributed by atoms with Crippen LogP contribution in [-0.2, 0) is 11.2 Å². The number of ether oxygens (including phenoxy) is 1. The summed E-state index contributed by atoms with van der Waals surface area (Å²) in [5.74, 6) is 1.44. The number of pyridine rings is 1. The lowest BCUT2D eigenvalue weighted by molar-refractivity contribution is 0.200. The van der Waals surface area contributed by atoms with E-state index in [0.29, 0.717) is 24.1 Å². The fourth-order valence-corrected chi connectivity index (χ4v) is 2.12. The lowest BCUT2D eigenvalue weighted by Gasteiger charge is -2.04. The molecule has 0 radical (unpaired) electrons. The van der Waals surface area contributed by atoms with Gasteiger partial charge in [0.05, 0.1) is 6.61 Å². The SMILES string of the molecule is COCCc1nc2cccnc2n1-c1ccc(Cl)o1. The molecule has 5 nitrogen and oxygen atoms in total. The molecule has 0 atom stereocenters. The number of halogens is 1. The van der Waals surface area contributed by atoms with Crippen LogP contribution in [0.1, 0.15) is 5.82 Å². The van der Waals surface area contributed by atoms with Crippen molar-refractivity contribution in [2.75, 3.05) is 13.7 Å². The van der Waals surface area contributed by atoms with Gasteiger partial charge < -0.3 is 9.15 Å². The Morgan fingerprint density at radius 3 is 3.00 bits per heavy atom. The average molecular weight is 278 g/mol. The normalized spacial score (nSPS) is 11.3. The summed E-state index contributed by atoms with van der Waals surface area (Å²) in [6.45, 7) is 0.581. The van der Waals surface area contributed by atoms with Gasteiger partial charge in [0, 0.05) is 25.8 Å². The van der Waals surface area contributed by atoms with Gasteiger partial charge in [0.1, 0.15) is 11.3 Å². The molecule has 0 aliphatic heterocycles. The van der Waals surface area contributed by atoms with Crippen LogP contribution in [-0.4, -0.2) is 28.3 Å². The molecule has 0 saturated carbocycles. The number of methoxy groups -OCH3 is 1. The highest BCUT2D eigenvalue weighted by molar-refractivity contribution is 6.28. The summed E-state index contributed by atoms with van der Waals surface area (Å²) in [6, 6.07) is 7.27. The van der Waals surface area contributed by atoms with Crippen LogP contribution in [0.5, 0.6) is 0 Å². The Balaban J connectivity index is 2.18. The first-order chi connectivity index (χ1) is 9.29. The summed E-state index contributed by atoms with van der Waals surface area (Å²) in [5, 5.41) is 0.338. The summed E-state index contributed by atoms with van der Waals surface area (Å²) in [7, 11) is 1.66. The van der Waals surface area contributed by atoms with Crippen molar-refractivity contribution in [1.82, 2.24) is 14.5 Å². The van der Waals surface area contributed by atoms with Gasteiger partial charge in [-0.3, -0.25) is 0 Å². The van der Waals surface area contributed by atoms with E-state index in [2.05, 4.69) is 9.97 Å². The first-order valence-corrected chi connectivity index (χ1v) is 6.24. The summed E-state index contributed by atoms with van der Waals surface area (Å²) < 4.78 is 12.4. The number of rotatable bonds is 4. The predicted molar refractivity (Wildman–Crippen MR) is 71.7 cm³/mol. The molecule has 0 unspecified atom stereocenters. The second-order valence-corrected chi connectivity index (χ2v) is 4.40. The molecule has 0 amide bonds. The standard InChI is InChI=1S/C13H12ClN3O2/c1-18-8-6-11-16-9-3-2-7-15-13(9)17(11)12-5-4-10(14)19-12/h2-5,7H,6,8H2,1H3. The van der Waals surface area contributed by atoms with Gasteiger partial charge in [0.25, 0.3) is 0 Å². The Hall–Kier alpha value is -1.85. The van der Waals surface area contributed by atoms with E-state index in [1.54, 1.807) is 25.4 Å². The van der Waals surface area contributed by atoms with Crippen molar-refractivity contribution in [2.45, 2.75) is 6.42 Å². The maximum atomic E-state index is 5.84. The van der Waals surface area contributed by atoms with Gasteiger partial charge in [-0.25, -0.2) is 14.5 Å². The molecular formula is C13H12ClN3O2. The van der Waals surface area contributed by atoms with Crippen LogP contribution in [0, 0.1) is 0 Å². The fraction of sp³-hybridized carbons (Fsp3) is 0.231. The molecule has 98 valence electrons. The lowest BCUT2D eigenvalue weighted by atomic mass is 10.4. The van der Waals surface area contributed by atoms with Crippen LogP contribution < -0.4 is 0 Å². The number of hydrogen-bond acceptors (Lipinski definition) is 4. The number of imidazole rings is 1. The molecule has 3 aromatic heterocycles. The number of furan rings is 1. The number of nitrogens with zero attached hydrogens (tertiary/aromatic N) is 3. The zero-order valence-corrected chi connectivity index (χ0v) is 11.1. The first-order valence-electron chi connectivity index (χ1n) is 5.86. The smallest absolute Gasteiger partial charge is 0.208 e. The average Bonchev–Trinajstić information content (AvgIpc) is 2.99. The summed E-state index contributed by atoms with van der Waals surface area (Å²) in [4.78, 5) is 8.91. The number of fused-ring (bicyclic) bond motifs is 1. The van der Waals surface area contributed by atoms with Crippen LogP contribution in [0.4, 0.5) is 0 Å². The number of aromatic nitrogens is 3. The minimum atomic E-state index is 0.338. The van der Waals surface area contributed by atoms with Crippen LogP contribution >= 0.6 is 11.6 Å². The fourth-order valence-electron chi connectivity index (χ4n) is 1.98. The third-order valence-electron chi connectivity index (χ3n) is 2.79. The first kappa shape index (κ1) is 12.2. The van der Waals surface area contributed by atoms with E-state index in [1.165, 1.54) is 0 Å². The van der Waals surface area contributed by atoms with Crippen LogP contribution in [0.25, 0.3) is 17.0 Å². The summed E-state index contributed by atoms with van der Waals surface area (Å²) in [6.07, 6.45) is 2.40. The van der Waals surface area contributed by atoms with Crippen LogP contribution in [0.3, 0.4) is 0 Å². The van der Waals surface area contributed by atoms with Crippen molar-refractivity contribution in [3.8, 4) is 5.88 Å². The molecule has 19 heavy (non-hydrogen) atoms. The monoisotopic (exact) mass is 277 g/mol. The molecule has 0 aromatic carbocycles. The molecule has 3 heterocycles. The van der Waals surface area contributed by atoms with Gasteiger partial charge in [0.2, 0.25) is 5.88 Å². The Bertz CT molecular complexity index is 705. The van der Waals surface area contributed by atoms with Crippen molar-refractivity contribution >= 4 is 22.8 Å². The van der Waals surface area contributed by atoms with E-state index in [1.807, 2.05) is 16.7 Å². The molecule has 0 spiro atoms. The molecule has 0 bridgehead atoms. The van der Waals surface area contributed by atoms with E-state index in [4.69, 9.17) is 20.8 Å². The van der Waals surface area contributed by atoms with E-state index in [0.717, 1.165) is 17.0 Å². The maximum Gasteiger partial charge on any atom is 0.208 e. The van der Waals surface area contributed by atoms with Crippen LogP contribution in [0.15, 0.2) is 34.9 Å². The molecule has 0 aliphatic rings. The highest BCUT2D eigenvalue weighted by Crippen LogP contribution is 2.23. The van der Waals surface area contributed by atoms with Gasteiger partial charge in [-0.05, 0) is 29.8 Å². The molecular weight excluding hydrogens is 266 g/mol. The second kappa shape index (κ2) is 5.03. The third kappa shape index (κ3) is 2.22. The lowest BCUT2D eigenvalue weighted by Crippen LogP contribution is -2.04. The Morgan fingerprint density at radius 1 is 1.37 bits per heavy atom. The molecule has 0 aliphatic carbocycles.